The summed E-state index contributed by atoms with van der Waals surface area (Å²) >= 11 is 1.44. The quantitative estimate of drug-likeness (QED) is 0.262. The monoisotopic (exact) mass is 462 g/mol. The average Bonchev–Trinajstić information content (AvgIpc) is 3.18. The zero-order valence-electron chi connectivity index (χ0n) is 21.0. The Kier molecular flexibility index (Phi) is 11.2. The number of ether oxygens (including phenoxy) is 1. The molecule has 0 radical (unpaired) electrons. The largest absolute Gasteiger partial charge is 0.459 e. The molecule has 1 heterocycles. The van der Waals surface area contributed by atoms with Gasteiger partial charge in [0.05, 0.1) is 16.4 Å². The number of unbranched alkanes of at least 4 members (excludes halogenated alkanes) is 1. The Morgan fingerprint density at radius 1 is 0.969 bits per heavy atom. The van der Waals surface area contributed by atoms with E-state index in [4.69, 9.17) is 4.74 Å². The lowest BCUT2D eigenvalue weighted by atomic mass is 9.85. The van der Waals surface area contributed by atoms with Gasteiger partial charge in [-0.1, -0.05) is 79.2 Å². The predicted octanol–water partition coefficient (Wildman–Crippen LogP) is 9.20. The number of rotatable bonds is 14. The summed E-state index contributed by atoms with van der Waals surface area (Å²) in [5.41, 5.74) is 0.0525. The lowest BCUT2D eigenvalue weighted by Gasteiger charge is -2.23. The third kappa shape index (κ3) is 7.86. The van der Waals surface area contributed by atoms with Crippen LogP contribution in [0.4, 0.5) is 4.39 Å². The number of hydrogen-bond acceptors (Lipinski definition) is 3. The van der Waals surface area contributed by atoms with E-state index in [1.807, 2.05) is 19.1 Å². The van der Waals surface area contributed by atoms with Gasteiger partial charge in [-0.15, -0.1) is 11.3 Å². The molecule has 0 aliphatic carbocycles. The summed E-state index contributed by atoms with van der Waals surface area (Å²) in [6.45, 7) is 13.3. The smallest absolute Gasteiger partial charge is 0.341 e. The zero-order valence-corrected chi connectivity index (χ0v) is 21.8. The molecule has 1 aromatic heterocycles. The highest BCUT2D eigenvalue weighted by Gasteiger charge is 2.21. The van der Waals surface area contributed by atoms with E-state index in [1.54, 1.807) is 6.07 Å². The van der Waals surface area contributed by atoms with Gasteiger partial charge < -0.3 is 4.74 Å². The molecule has 0 saturated heterocycles. The Bertz CT molecular complexity index is 843. The van der Waals surface area contributed by atoms with Gasteiger partial charge in [0, 0.05) is 4.88 Å². The lowest BCUT2D eigenvalue weighted by molar-refractivity contribution is 0.0302. The van der Waals surface area contributed by atoms with Crippen molar-refractivity contribution in [2.75, 3.05) is 0 Å². The van der Waals surface area contributed by atoms with Gasteiger partial charge in [0.1, 0.15) is 0 Å². The van der Waals surface area contributed by atoms with Crippen molar-refractivity contribution in [1.82, 2.24) is 0 Å². The van der Waals surface area contributed by atoms with E-state index >= 15 is 0 Å². The minimum Gasteiger partial charge on any atom is -0.459 e. The molecule has 1 aromatic carbocycles. The van der Waals surface area contributed by atoms with Gasteiger partial charge in [0.25, 0.3) is 0 Å². The van der Waals surface area contributed by atoms with Gasteiger partial charge in [-0.25, -0.2) is 9.18 Å². The highest BCUT2D eigenvalue weighted by atomic mass is 32.1. The number of thiophene rings is 1. The van der Waals surface area contributed by atoms with E-state index in [9.17, 15) is 9.18 Å². The van der Waals surface area contributed by atoms with Gasteiger partial charge in [-0.3, -0.25) is 0 Å². The molecule has 2 nitrogen and oxygen atoms in total. The molecule has 4 atom stereocenters. The lowest BCUT2D eigenvalue weighted by Crippen LogP contribution is -2.18. The Morgan fingerprint density at radius 2 is 1.66 bits per heavy atom. The standard InChI is InChI=1S/C28H43FO2S/c1-7-9-11-19(3)12-13-20(4)21(5)14-15-22(6)31-28(30)25-17-16-23-18-24(10-8-2)32-27(23)26(25)29/h16-22H,7-15H2,1-6H3. The number of carbonyl (C=O) groups is 1. The number of carbonyl (C=O) groups excluding carboxylic acids is 1. The first-order chi connectivity index (χ1) is 15.3. The molecule has 0 bridgehead atoms. The number of fused-ring (bicyclic) bond motifs is 1. The van der Waals surface area contributed by atoms with Crippen molar-refractivity contribution in [2.45, 2.75) is 105 Å². The van der Waals surface area contributed by atoms with Crippen LogP contribution in [0.2, 0.25) is 0 Å². The van der Waals surface area contributed by atoms with Crippen LogP contribution in [0.5, 0.6) is 0 Å². The second kappa shape index (κ2) is 13.3. The number of aryl methyl sites for hydroxylation is 1. The molecule has 4 heteroatoms. The van der Waals surface area contributed by atoms with Crippen LogP contribution in [0.1, 0.15) is 108 Å². The van der Waals surface area contributed by atoms with Crippen molar-refractivity contribution in [3.8, 4) is 0 Å². The Hall–Kier alpha value is -1.42. The third-order valence-corrected chi connectivity index (χ3v) is 8.07. The van der Waals surface area contributed by atoms with Crippen molar-refractivity contribution in [1.29, 1.82) is 0 Å². The van der Waals surface area contributed by atoms with Crippen LogP contribution in [-0.4, -0.2) is 12.1 Å². The molecule has 0 N–H and O–H groups in total. The zero-order chi connectivity index (χ0) is 23.7. The van der Waals surface area contributed by atoms with Crippen molar-refractivity contribution in [3.63, 3.8) is 0 Å². The fraction of sp³-hybridized carbons (Fsp3) is 0.679. The van der Waals surface area contributed by atoms with Crippen molar-refractivity contribution in [2.24, 2.45) is 17.8 Å². The van der Waals surface area contributed by atoms with Crippen molar-refractivity contribution < 1.29 is 13.9 Å². The van der Waals surface area contributed by atoms with E-state index in [1.165, 1.54) is 43.4 Å². The summed E-state index contributed by atoms with van der Waals surface area (Å²) in [5, 5.41) is 0.868. The highest BCUT2D eigenvalue weighted by Crippen LogP contribution is 2.31. The van der Waals surface area contributed by atoms with Crippen LogP contribution in [0, 0.1) is 23.6 Å². The molecule has 2 rings (SSSR count). The van der Waals surface area contributed by atoms with Gasteiger partial charge >= 0.3 is 5.97 Å². The summed E-state index contributed by atoms with van der Waals surface area (Å²) in [5.74, 6) is 1.07. The molecule has 0 aliphatic heterocycles. The molecule has 4 unspecified atom stereocenters. The minimum absolute atomic E-state index is 0.0525. The summed E-state index contributed by atoms with van der Waals surface area (Å²) in [7, 11) is 0. The molecule has 0 aliphatic rings. The predicted molar refractivity (Wildman–Crippen MR) is 136 cm³/mol. The second-order valence-electron chi connectivity index (χ2n) is 9.88. The second-order valence-corrected chi connectivity index (χ2v) is 11.0. The molecule has 180 valence electrons. The maximum Gasteiger partial charge on any atom is 0.341 e. The maximum atomic E-state index is 15.0. The van der Waals surface area contributed by atoms with Crippen LogP contribution in [0.25, 0.3) is 10.1 Å². The van der Waals surface area contributed by atoms with Crippen molar-refractivity contribution in [3.05, 3.63) is 34.5 Å². The Balaban J connectivity index is 1.84. The topological polar surface area (TPSA) is 26.3 Å². The molecule has 0 amide bonds. The molecule has 32 heavy (non-hydrogen) atoms. The number of esters is 1. The number of hydrogen-bond donors (Lipinski definition) is 0. The summed E-state index contributed by atoms with van der Waals surface area (Å²) in [6.07, 6.45) is 10.1. The Morgan fingerprint density at radius 3 is 2.31 bits per heavy atom. The summed E-state index contributed by atoms with van der Waals surface area (Å²) in [6, 6.07) is 5.43. The molecule has 0 spiro atoms. The molecule has 0 fully saturated rings. The van der Waals surface area contributed by atoms with E-state index in [0.29, 0.717) is 16.5 Å². The van der Waals surface area contributed by atoms with E-state index in [0.717, 1.165) is 41.9 Å². The van der Waals surface area contributed by atoms with Crippen LogP contribution >= 0.6 is 11.3 Å². The minimum atomic E-state index is -0.548. The molecular formula is C28H43FO2S. The van der Waals surface area contributed by atoms with Gasteiger partial charge in [-0.2, -0.15) is 0 Å². The summed E-state index contributed by atoms with van der Waals surface area (Å²) < 4.78 is 21.2. The number of benzene rings is 1. The van der Waals surface area contributed by atoms with Crippen LogP contribution in [0.3, 0.4) is 0 Å². The first-order valence-corrected chi connectivity index (χ1v) is 13.5. The van der Waals surface area contributed by atoms with E-state index in [-0.39, 0.29) is 11.7 Å². The van der Waals surface area contributed by atoms with Crippen LogP contribution < -0.4 is 0 Å². The normalized spacial score (nSPS) is 15.5. The Labute approximate surface area is 198 Å². The fourth-order valence-corrected chi connectivity index (χ4v) is 5.46. The first-order valence-electron chi connectivity index (χ1n) is 12.7. The van der Waals surface area contributed by atoms with E-state index in [2.05, 4.69) is 34.6 Å². The molecule has 2 aromatic rings. The highest BCUT2D eigenvalue weighted by molar-refractivity contribution is 7.19. The van der Waals surface area contributed by atoms with Gasteiger partial charge in [0.2, 0.25) is 0 Å². The summed E-state index contributed by atoms with van der Waals surface area (Å²) in [4.78, 5) is 13.8. The SMILES string of the molecule is CCCCC(C)CCC(C)C(C)CCC(C)OC(=O)c1ccc2cc(CCC)sc2c1F. The van der Waals surface area contributed by atoms with Gasteiger partial charge in [0.15, 0.2) is 5.82 Å². The fourth-order valence-electron chi connectivity index (χ4n) is 4.27. The van der Waals surface area contributed by atoms with Crippen LogP contribution in [-0.2, 0) is 11.2 Å². The third-order valence-electron chi connectivity index (χ3n) is 6.87. The van der Waals surface area contributed by atoms with E-state index < -0.39 is 11.8 Å². The molecule has 0 saturated carbocycles. The average molecular weight is 463 g/mol. The van der Waals surface area contributed by atoms with Gasteiger partial charge in [-0.05, 0) is 61.5 Å². The maximum absolute atomic E-state index is 15.0. The number of halogens is 1. The van der Waals surface area contributed by atoms with Crippen molar-refractivity contribution >= 4 is 27.4 Å². The first kappa shape index (κ1) is 26.8. The molecular weight excluding hydrogens is 419 g/mol. The van der Waals surface area contributed by atoms with Crippen LogP contribution in [0.15, 0.2) is 18.2 Å².